The lowest BCUT2D eigenvalue weighted by atomic mass is 9.61. The number of hydrogen-bond acceptors (Lipinski definition) is 6. The van der Waals surface area contributed by atoms with Crippen LogP contribution in [-0.4, -0.2) is 107 Å². The van der Waals surface area contributed by atoms with Crippen LogP contribution in [0.5, 0.6) is 0 Å². The smallest absolute Gasteiger partial charge is 0.0674 e. The molecule has 0 radical (unpaired) electrons. The minimum absolute atomic E-state index is 0.117. The Morgan fingerprint density at radius 3 is 1.04 bits per heavy atom. The van der Waals surface area contributed by atoms with Crippen LogP contribution in [0.3, 0.4) is 0 Å². The van der Waals surface area contributed by atoms with Crippen LogP contribution in [-0.2, 0) is 29.8 Å². The van der Waals surface area contributed by atoms with Crippen molar-refractivity contribution in [3.05, 3.63) is 59.7 Å². The van der Waals surface area contributed by atoms with Crippen molar-refractivity contribution < 1.29 is 18.9 Å². The predicted octanol–water partition coefficient (Wildman–Crippen LogP) is 13.7. The fraction of sp³-hybridized carbons (Fsp3) is 0.806. The van der Waals surface area contributed by atoms with E-state index in [4.69, 9.17) is 18.9 Å². The van der Waals surface area contributed by atoms with Crippen LogP contribution in [0.25, 0.3) is 0 Å². The predicted molar refractivity (Wildman–Crippen MR) is 290 cm³/mol. The van der Waals surface area contributed by atoms with Crippen molar-refractivity contribution >= 4 is 27.2 Å². The average Bonchev–Trinajstić information content (AvgIpc) is 3.30. The van der Waals surface area contributed by atoms with E-state index in [1.807, 2.05) is 0 Å². The third-order valence-electron chi connectivity index (χ3n) is 22.3. The summed E-state index contributed by atoms with van der Waals surface area (Å²) in [6, 6.07) is 22.3. The second-order valence-electron chi connectivity index (χ2n) is 29.9. The third kappa shape index (κ3) is 7.02. The van der Waals surface area contributed by atoms with Crippen LogP contribution in [0.4, 0.5) is 11.4 Å². The first-order valence-electron chi connectivity index (χ1n) is 29.2. The Morgan fingerprint density at radius 1 is 0.386 bits per heavy atom. The summed E-state index contributed by atoms with van der Waals surface area (Å²) >= 11 is 0. The molecule has 6 saturated heterocycles. The zero-order valence-electron chi connectivity index (χ0n) is 45.2. The van der Waals surface area contributed by atoms with Gasteiger partial charge in [-0.1, -0.05) is 123 Å². The molecule has 12 aliphatic rings. The molecular weight excluding hydrogens is 899 g/mol. The molecule has 24 unspecified atom stereocenters. The van der Waals surface area contributed by atoms with E-state index in [2.05, 4.69) is 141 Å². The fourth-order valence-electron chi connectivity index (χ4n) is 19.2. The average molecular weight is 989 g/mol. The number of hydrogen-bond donors (Lipinski definition) is 0. The monoisotopic (exact) mass is 989 g/mol. The largest absolute Gasteiger partial charge is 0.373 e. The Kier molecular flexibility index (Phi) is 10.9. The van der Waals surface area contributed by atoms with Crippen LogP contribution >= 0.6 is 15.8 Å². The van der Waals surface area contributed by atoms with Crippen molar-refractivity contribution in [2.45, 2.75) is 278 Å². The highest BCUT2D eigenvalue weighted by molar-refractivity contribution is 7.61. The summed E-state index contributed by atoms with van der Waals surface area (Å²) in [5.41, 5.74) is 10.2. The van der Waals surface area contributed by atoms with Crippen LogP contribution in [0.1, 0.15) is 171 Å². The maximum Gasteiger partial charge on any atom is 0.0674 e. The van der Waals surface area contributed by atoms with Gasteiger partial charge in [0.25, 0.3) is 0 Å². The molecule has 6 aliphatic heterocycles. The maximum atomic E-state index is 8.10. The molecule has 24 atom stereocenters. The van der Waals surface area contributed by atoms with E-state index in [0.29, 0.717) is 131 Å². The van der Waals surface area contributed by atoms with Crippen LogP contribution in [0, 0.1) is 34.5 Å². The van der Waals surface area contributed by atoms with E-state index in [0.717, 1.165) is 0 Å². The summed E-state index contributed by atoms with van der Waals surface area (Å²) in [6.45, 7) is 29.3. The first-order valence-corrected chi connectivity index (χ1v) is 32.3. The van der Waals surface area contributed by atoms with Crippen molar-refractivity contribution in [1.82, 2.24) is 0 Å². The van der Waals surface area contributed by atoms with Gasteiger partial charge in [0, 0.05) is 69.5 Å². The normalized spacial score (nSPS) is 48.7. The fourth-order valence-corrected chi connectivity index (χ4v) is 29.0. The van der Waals surface area contributed by atoms with Crippen molar-refractivity contribution in [3.63, 3.8) is 0 Å². The summed E-state index contributed by atoms with van der Waals surface area (Å²) in [7, 11) is -0.637. The number of anilines is 2. The minimum atomic E-state index is -0.318. The van der Waals surface area contributed by atoms with Crippen LogP contribution < -0.4 is 9.80 Å². The van der Waals surface area contributed by atoms with Crippen molar-refractivity contribution in [1.29, 1.82) is 0 Å². The maximum absolute atomic E-state index is 8.10. The molecule has 0 bridgehead atoms. The van der Waals surface area contributed by atoms with Gasteiger partial charge in [-0.2, -0.15) is 0 Å². The zero-order chi connectivity index (χ0) is 48.3. The molecule has 0 N–H and O–H groups in total. The van der Waals surface area contributed by atoms with Gasteiger partial charge < -0.3 is 28.7 Å². The standard InChI is InChI=1S/C62H90N2O4P2/c1-59(2,3)33-19-23-37(24-20-33)63-41-15-13-17-43-53(41)69-55-45(65-43)27-35(61(7,8)9)29-47(55)67-49-32-40-39(51(63)57(49)69)31-50-58-52(40)64(38-25-21-34(22-26-38)60(4,5)6)42-16-14-18-44-54(42)70(58)56-46(66-44)28-36(62(10,11)12)30-48(56)68-50/h19-26,35-36,39-58H,13-18,27-32H2,1-12H3. The van der Waals surface area contributed by atoms with Crippen LogP contribution in [0.2, 0.25) is 0 Å². The topological polar surface area (TPSA) is 43.4 Å². The van der Waals surface area contributed by atoms with Crippen molar-refractivity contribution in [2.24, 2.45) is 34.5 Å². The Labute approximate surface area is 426 Å². The molecule has 8 heteroatoms. The lowest BCUT2D eigenvalue weighted by Crippen LogP contribution is -2.80. The van der Waals surface area contributed by atoms with Gasteiger partial charge in [-0.3, -0.25) is 0 Å². The summed E-state index contributed by atoms with van der Waals surface area (Å²) in [5.74, 6) is 2.39. The van der Waals surface area contributed by atoms with Crippen molar-refractivity contribution in [2.75, 3.05) is 9.80 Å². The lowest BCUT2D eigenvalue weighted by molar-refractivity contribution is -0.174. The van der Waals surface area contributed by atoms with Gasteiger partial charge in [-0.15, -0.1) is 0 Å². The molecule has 12 fully saturated rings. The summed E-state index contributed by atoms with van der Waals surface area (Å²) in [4.78, 5) is 6.32. The number of ether oxygens (including phenoxy) is 4. The van der Waals surface area contributed by atoms with Gasteiger partial charge in [0.05, 0.1) is 48.8 Å². The Hall–Kier alpha value is -1.26. The molecule has 6 nitrogen and oxygen atoms in total. The van der Waals surface area contributed by atoms with Gasteiger partial charge >= 0.3 is 0 Å². The molecule has 2 aromatic rings. The van der Waals surface area contributed by atoms with Gasteiger partial charge in [0.1, 0.15) is 0 Å². The van der Waals surface area contributed by atoms with Crippen molar-refractivity contribution in [3.8, 4) is 0 Å². The van der Waals surface area contributed by atoms with E-state index in [1.165, 1.54) is 99.6 Å². The number of fused-ring (bicyclic) bond motifs is 3. The van der Waals surface area contributed by atoms with Gasteiger partial charge in [0.15, 0.2) is 0 Å². The summed E-state index contributed by atoms with van der Waals surface area (Å²) in [6.07, 6.45) is 17.8. The molecule has 0 spiro atoms. The van der Waals surface area contributed by atoms with E-state index in [1.54, 1.807) is 0 Å². The van der Waals surface area contributed by atoms with E-state index in [-0.39, 0.29) is 37.5 Å². The van der Waals surface area contributed by atoms with Gasteiger partial charge in [-0.05, 0) is 158 Å². The van der Waals surface area contributed by atoms with E-state index < -0.39 is 0 Å². The molecule has 14 rings (SSSR count). The molecule has 0 aromatic heterocycles. The molecule has 2 aromatic carbocycles. The summed E-state index contributed by atoms with van der Waals surface area (Å²) in [5, 5.41) is 0. The van der Waals surface area contributed by atoms with Crippen LogP contribution in [0.15, 0.2) is 48.5 Å². The van der Waals surface area contributed by atoms with E-state index in [9.17, 15) is 0 Å². The lowest BCUT2D eigenvalue weighted by Gasteiger charge is -2.75. The zero-order valence-corrected chi connectivity index (χ0v) is 47.0. The molecule has 6 heterocycles. The highest BCUT2D eigenvalue weighted by Crippen LogP contribution is 2.77. The second kappa shape index (κ2) is 16.1. The van der Waals surface area contributed by atoms with Gasteiger partial charge in [-0.25, -0.2) is 0 Å². The highest BCUT2D eigenvalue weighted by Gasteiger charge is 2.74. The number of benzene rings is 2. The Morgan fingerprint density at radius 2 is 0.714 bits per heavy atom. The highest BCUT2D eigenvalue weighted by atomic mass is 31.1. The summed E-state index contributed by atoms with van der Waals surface area (Å²) < 4.78 is 31.4. The minimum Gasteiger partial charge on any atom is -0.373 e. The first-order chi connectivity index (χ1) is 33.2. The van der Waals surface area contributed by atoms with E-state index >= 15 is 0 Å². The quantitative estimate of drug-likeness (QED) is 0.279. The Balaban J connectivity index is 0.953. The molecule has 382 valence electrons. The number of nitrogens with zero attached hydrogens (tertiary/aromatic N) is 2. The second-order valence-corrected chi connectivity index (χ2v) is 35.3. The SMILES string of the molecule is CC(C)(C)c1ccc(N2C3CCCC4OC5CC(C(C)(C)C)CC6OC7CC8C(CC9OC%10CC(C(C)(C)C)CC%11OC%12CCCC%13C%12P(C%11%10)C9C8N%13c8ccc(C(C)(C)C)cc8)C2C7P(C56)C43)cc1. The molecule has 70 heavy (non-hydrogen) atoms. The third-order valence-corrected chi connectivity index (χ3v) is 30.4. The molecule has 0 amide bonds. The molecule has 6 saturated carbocycles. The van der Waals surface area contributed by atoms with Gasteiger partial charge in [0.2, 0.25) is 0 Å². The molecular formula is C62H90N2O4P2. The first kappa shape index (κ1) is 47.2. The Bertz CT molecular complexity index is 2150. The number of rotatable bonds is 2. The molecule has 6 aliphatic carbocycles.